The summed E-state index contributed by atoms with van der Waals surface area (Å²) in [7, 11) is 1.61. The van der Waals surface area contributed by atoms with Gasteiger partial charge in [0.2, 0.25) is 5.91 Å². The van der Waals surface area contributed by atoms with E-state index in [9.17, 15) is 9.59 Å². The number of allylic oxidation sites excluding steroid dienone is 1. The van der Waals surface area contributed by atoms with E-state index in [0.717, 1.165) is 29.3 Å². The monoisotopic (exact) mass is 441 g/mol. The number of benzene rings is 1. The molecule has 1 aromatic carbocycles. The predicted octanol–water partition coefficient (Wildman–Crippen LogP) is 3.89. The molecule has 0 spiro atoms. The van der Waals surface area contributed by atoms with Crippen LogP contribution in [0.4, 0.5) is 0 Å². The Kier molecular flexibility index (Phi) is 6.09. The predicted molar refractivity (Wildman–Crippen MR) is 120 cm³/mol. The molecule has 1 saturated carbocycles. The number of rotatable bonds is 7. The van der Waals surface area contributed by atoms with Crippen LogP contribution in [0.3, 0.4) is 0 Å². The Balaban J connectivity index is 1.72. The standard InChI is InChI=1S/C23H27N3O4S/c1-13(2)30-22(28)20-14(3)24-23-26(21(20)15-6-5-7-18(10-15)29-4)17(12-31-23)11-19(27)25-16-8-9-16/h5-7,10,12-13,16,21H,8-9,11H2,1-4H3,(H,25,27). The lowest BCUT2D eigenvalue weighted by molar-refractivity contribution is -0.143. The number of hydrogen-bond acceptors (Lipinski definition) is 7. The Hall–Kier alpha value is -2.74. The van der Waals surface area contributed by atoms with E-state index >= 15 is 0 Å². The molecule has 7 nitrogen and oxygen atoms in total. The van der Waals surface area contributed by atoms with Crippen molar-refractivity contribution < 1.29 is 19.1 Å². The second kappa shape index (κ2) is 8.78. The van der Waals surface area contributed by atoms with Crippen molar-refractivity contribution in [3.63, 3.8) is 0 Å². The van der Waals surface area contributed by atoms with Crippen LogP contribution in [0, 0.1) is 0 Å². The van der Waals surface area contributed by atoms with E-state index in [1.54, 1.807) is 7.11 Å². The molecule has 1 atom stereocenters. The lowest BCUT2D eigenvalue weighted by Crippen LogP contribution is -2.38. The Morgan fingerprint density at radius 2 is 2.10 bits per heavy atom. The van der Waals surface area contributed by atoms with Gasteiger partial charge in [-0.2, -0.15) is 0 Å². The van der Waals surface area contributed by atoms with Gasteiger partial charge in [-0.3, -0.25) is 4.79 Å². The molecule has 1 aromatic rings. The summed E-state index contributed by atoms with van der Waals surface area (Å²) in [5, 5.41) is 5.74. The van der Waals surface area contributed by atoms with Crippen molar-refractivity contribution in [1.29, 1.82) is 0 Å². The minimum atomic E-state index is -0.455. The van der Waals surface area contributed by atoms with E-state index in [2.05, 4.69) is 10.3 Å². The number of fused-ring (bicyclic) bond motifs is 1. The molecular formula is C23H27N3O4S. The number of hydrogen-bond donors (Lipinski definition) is 1. The number of ether oxygens (including phenoxy) is 2. The molecule has 2 aliphatic heterocycles. The van der Waals surface area contributed by atoms with Crippen LogP contribution in [-0.4, -0.2) is 41.2 Å². The van der Waals surface area contributed by atoms with Crippen LogP contribution < -0.4 is 10.1 Å². The average Bonchev–Trinajstić information content (AvgIpc) is 3.45. The van der Waals surface area contributed by atoms with Crippen molar-refractivity contribution in [1.82, 2.24) is 10.2 Å². The molecule has 31 heavy (non-hydrogen) atoms. The van der Waals surface area contributed by atoms with E-state index in [4.69, 9.17) is 9.47 Å². The van der Waals surface area contributed by atoms with Crippen LogP contribution in [0.25, 0.3) is 0 Å². The van der Waals surface area contributed by atoms with Gasteiger partial charge >= 0.3 is 5.97 Å². The van der Waals surface area contributed by atoms with E-state index in [0.29, 0.717) is 23.1 Å². The Morgan fingerprint density at radius 3 is 2.77 bits per heavy atom. The quantitative estimate of drug-likeness (QED) is 0.647. The molecule has 0 saturated heterocycles. The number of esters is 1. The molecule has 1 N–H and O–H groups in total. The van der Waals surface area contributed by atoms with Crippen LogP contribution >= 0.6 is 11.8 Å². The van der Waals surface area contributed by atoms with Crippen molar-refractivity contribution in [2.45, 2.75) is 58.2 Å². The van der Waals surface area contributed by atoms with Crippen molar-refractivity contribution in [2.75, 3.05) is 7.11 Å². The Morgan fingerprint density at radius 1 is 1.32 bits per heavy atom. The van der Waals surface area contributed by atoms with Crippen LogP contribution in [-0.2, 0) is 14.3 Å². The normalized spacial score (nSPS) is 20.3. The second-order valence-electron chi connectivity index (χ2n) is 8.14. The van der Waals surface area contributed by atoms with Gasteiger partial charge in [-0.1, -0.05) is 23.9 Å². The van der Waals surface area contributed by atoms with Crippen molar-refractivity contribution in [3.8, 4) is 5.75 Å². The number of carbonyl (C=O) groups excluding carboxylic acids is 2. The number of amidine groups is 1. The fourth-order valence-corrected chi connectivity index (χ4v) is 4.67. The number of methoxy groups -OCH3 is 1. The molecule has 1 aliphatic carbocycles. The summed E-state index contributed by atoms with van der Waals surface area (Å²) in [4.78, 5) is 32.3. The molecule has 1 amide bonds. The molecule has 164 valence electrons. The lowest BCUT2D eigenvalue weighted by atomic mass is 9.93. The maximum Gasteiger partial charge on any atom is 0.338 e. The van der Waals surface area contributed by atoms with Gasteiger partial charge in [0.15, 0.2) is 5.17 Å². The highest BCUT2D eigenvalue weighted by molar-refractivity contribution is 8.16. The summed E-state index contributed by atoms with van der Waals surface area (Å²) >= 11 is 1.47. The molecule has 0 aromatic heterocycles. The van der Waals surface area contributed by atoms with Gasteiger partial charge in [0.05, 0.1) is 36.9 Å². The van der Waals surface area contributed by atoms with Gasteiger partial charge < -0.3 is 19.7 Å². The Labute approximate surface area is 186 Å². The van der Waals surface area contributed by atoms with Gasteiger partial charge in [0.1, 0.15) is 5.75 Å². The molecule has 0 radical (unpaired) electrons. The minimum Gasteiger partial charge on any atom is -0.497 e. The summed E-state index contributed by atoms with van der Waals surface area (Å²) in [5.41, 5.74) is 2.78. The van der Waals surface area contributed by atoms with Crippen molar-refractivity contribution in [3.05, 3.63) is 52.2 Å². The van der Waals surface area contributed by atoms with Crippen LogP contribution in [0.2, 0.25) is 0 Å². The SMILES string of the molecule is COc1cccc(C2C(C(=O)OC(C)C)=C(C)N=C3SC=C(CC(=O)NC4CC4)N32)c1. The van der Waals surface area contributed by atoms with Crippen molar-refractivity contribution >= 4 is 28.8 Å². The molecule has 3 aliphatic rings. The van der Waals surface area contributed by atoms with E-state index in [1.165, 1.54) is 11.8 Å². The second-order valence-corrected chi connectivity index (χ2v) is 8.98. The summed E-state index contributed by atoms with van der Waals surface area (Å²) in [5.74, 6) is 0.277. The van der Waals surface area contributed by atoms with E-state index < -0.39 is 12.0 Å². The fourth-order valence-electron chi connectivity index (χ4n) is 3.71. The number of aliphatic imine (C=N–C) groups is 1. The third kappa shape index (κ3) is 4.63. The molecule has 1 fully saturated rings. The lowest BCUT2D eigenvalue weighted by Gasteiger charge is -2.36. The van der Waals surface area contributed by atoms with Crippen LogP contribution in [0.15, 0.2) is 51.6 Å². The number of carbonyl (C=O) groups is 2. The molecule has 4 rings (SSSR count). The van der Waals surface area contributed by atoms with Gasteiger partial charge in [0, 0.05) is 11.7 Å². The topological polar surface area (TPSA) is 80.2 Å². The minimum absolute atomic E-state index is 0.0161. The first-order valence-corrected chi connectivity index (χ1v) is 11.3. The van der Waals surface area contributed by atoms with Crippen LogP contribution in [0.5, 0.6) is 5.75 Å². The highest BCUT2D eigenvalue weighted by Crippen LogP contribution is 2.45. The molecular weight excluding hydrogens is 414 g/mol. The van der Waals surface area contributed by atoms with Gasteiger partial charge in [-0.15, -0.1) is 0 Å². The number of nitrogens with zero attached hydrogens (tertiary/aromatic N) is 2. The highest BCUT2D eigenvalue weighted by Gasteiger charge is 2.41. The number of nitrogens with one attached hydrogen (secondary N) is 1. The summed E-state index contributed by atoms with van der Waals surface area (Å²) in [6.45, 7) is 5.48. The fraction of sp³-hybridized carbons (Fsp3) is 0.435. The summed E-state index contributed by atoms with van der Waals surface area (Å²) < 4.78 is 11.0. The van der Waals surface area contributed by atoms with Gasteiger partial charge in [-0.25, -0.2) is 9.79 Å². The average molecular weight is 442 g/mol. The number of amides is 1. The first-order chi connectivity index (χ1) is 14.9. The third-order valence-corrected chi connectivity index (χ3v) is 6.15. The maximum atomic E-state index is 13.1. The van der Waals surface area contributed by atoms with E-state index in [1.807, 2.05) is 55.3 Å². The molecule has 1 unspecified atom stereocenters. The smallest absolute Gasteiger partial charge is 0.338 e. The number of thioether (sulfide) groups is 1. The van der Waals surface area contributed by atoms with Crippen molar-refractivity contribution in [2.24, 2.45) is 4.99 Å². The first kappa shape index (κ1) is 21.5. The highest BCUT2D eigenvalue weighted by atomic mass is 32.2. The zero-order valence-corrected chi connectivity index (χ0v) is 19.0. The Bertz CT molecular complexity index is 994. The maximum absolute atomic E-state index is 13.1. The molecule has 0 bridgehead atoms. The zero-order valence-electron chi connectivity index (χ0n) is 18.2. The zero-order chi connectivity index (χ0) is 22.1. The molecule has 8 heteroatoms. The first-order valence-electron chi connectivity index (χ1n) is 10.5. The van der Waals surface area contributed by atoms with E-state index in [-0.39, 0.29) is 18.4 Å². The van der Waals surface area contributed by atoms with Crippen LogP contribution in [0.1, 0.15) is 51.6 Å². The largest absolute Gasteiger partial charge is 0.497 e. The van der Waals surface area contributed by atoms with Gasteiger partial charge in [-0.05, 0) is 56.7 Å². The summed E-state index contributed by atoms with van der Waals surface area (Å²) in [6.07, 6.45) is 2.05. The summed E-state index contributed by atoms with van der Waals surface area (Å²) in [6, 6.07) is 7.47. The molecule has 2 heterocycles. The van der Waals surface area contributed by atoms with Gasteiger partial charge in [0.25, 0.3) is 0 Å². The third-order valence-electron chi connectivity index (χ3n) is 5.26.